The third-order valence-electron chi connectivity index (χ3n) is 5.14. The van der Waals surface area contributed by atoms with E-state index in [9.17, 15) is 13.0 Å². The van der Waals surface area contributed by atoms with Crippen molar-refractivity contribution in [3.63, 3.8) is 0 Å². The normalized spacial score (nSPS) is 12.7. The van der Waals surface area contributed by atoms with Crippen LogP contribution in [-0.4, -0.2) is 23.5 Å². The van der Waals surface area contributed by atoms with Crippen molar-refractivity contribution in [2.45, 2.75) is 134 Å². The van der Waals surface area contributed by atoms with E-state index in [2.05, 4.69) is 6.92 Å². The average Bonchev–Trinajstić information content (AvgIpc) is 2.59. The van der Waals surface area contributed by atoms with E-state index in [1.807, 2.05) is 0 Å². The summed E-state index contributed by atoms with van der Waals surface area (Å²) in [5, 5.41) is 9.12. The van der Waals surface area contributed by atoms with Gasteiger partial charge >= 0.3 is 29.6 Å². The Morgan fingerprint density at radius 2 is 0.889 bits per heavy atom. The largest absolute Gasteiger partial charge is 1.00 e. The molecule has 0 rings (SSSR count). The molecule has 0 aliphatic rings. The molecular formula is C21H43NaO4S. The van der Waals surface area contributed by atoms with Gasteiger partial charge in [0.05, 0.1) is 0 Å². The topological polar surface area (TPSA) is 77.4 Å². The minimum absolute atomic E-state index is 0. The van der Waals surface area contributed by atoms with Crippen molar-refractivity contribution in [2.75, 3.05) is 0 Å². The van der Waals surface area contributed by atoms with Gasteiger partial charge in [0.1, 0.15) is 15.6 Å². The van der Waals surface area contributed by atoms with Crippen molar-refractivity contribution in [2.24, 2.45) is 0 Å². The third-order valence-corrected chi connectivity index (χ3v) is 6.04. The van der Waals surface area contributed by atoms with Crippen LogP contribution in [0.5, 0.6) is 0 Å². The monoisotopic (exact) mass is 414 g/mol. The fraction of sp³-hybridized carbons (Fsp3) is 1.00. The molecule has 6 heteroatoms. The Bertz CT molecular complexity index is 388. The van der Waals surface area contributed by atoms with E-state index >= 15 is 0 Å². The molecule has 0 amide bonds. The first-order valence-corrected chi connectivity index (χ1v) is 12.6. The summed E-state index contributed by atoms with van der Waals surface area (Å²) in [7, 11) is -4.52. The molecule has 0 saturated heterocycles. The zero-order valence-corrected chi connectivity index (χ0v) is 20.9. The molecule has 0 aromatic carbocycles. The molecule has 27 heavy (non-hydrogen) atoms. The molecule has 0 aromatic heterocycles. The van der Waals surface area contributed by atoms with E-state index in [1.165, 1.54) is 89.9 Å². The van der Waals surface area contributed by atoms with Gasteiger partial charge in [-0.05, 0) is 12.8 Å². The number of rotatable bonds is 20. The maximum Gasteiger partial charge on any atom is 1.00 e. The number of aliphatic hydroxyl groups is 1. The number of hydrogen-bond donors (Lipinski definition) is 1. The smallest absolute Gasteiger partial charge is 0.746 e. The Morgan fingerprint density at radius 1 is 0.630 bits per heavy atom. The van der Waals surface area contributed by atoms with Gasteiger partial charge in [0.15, 0.2) is 0 Å². The maximum absolute atomic E-state index is 10.5. The van der Waals surface area contributed by atoms with Gasteiger partial charge in [0.2, 0.25) is 0 Å². The predicted octanol–water partition coefficient (Wildman–Crippen LogP) is 3.29. The Hall–Kier alpha value is 0.870. The second-order valence-corrected chi connectivity index (χ2v) is 9.28. The van der Waals surface area contributed by atoms with E-state index in [0.717, 1.165) is 19.3 Å². The first-order chi connectivity index (χ1) is 12.5. The maximum atomic E-state index is 10.5. The first-order valence-electron chi connectivity index (χ1n) is 11.1. The van der Waals surface area contributed by atoms with Gasteiger partial charge < -0.3 is 9.66 Å². The molecular weight excluding hydrogens is 371 g/mol. The molecule has 4 nitrogen and oxygen atoms in total. The van der Waals surface area contributed by atoms with E-state index in [0.29, 0.717) is 6.42 Å². The van der Waals surface area contributed by atoms with Crippen LogP contribution in [0.4, 0.5) is 0 Å². The van der Waals surface area contributed by atoms with Crippen LogP contribution in [-0.2, 0) is 10.1 Å². The third kappa shape index (κ3) is 23.0. The van der Waals surface area contributed by atoms with Crippen LogP contribution < -0.4 is 29.6 Å². The SMILES string of the molecule is CCCCCCCCCCCCCCCCCCCCC(O)S(=O)(=O)[O-].[Na+]. The summed E-state index contributed by atoms with van der Waals surface area (Å²) in [6.07, 6.45) is 23.0. The van der Waals surface area contributed by atoms with Gasteiger partial charge in [0.25, 0.3) is 0 Å². The number of aliphatic hydroxyl groups excluding tert-OH is 1. The molecule has 0 fully saturated rings. The van der Waals surface area contributed by atoms with E-state index in [1.54, 1.807) is 0 Å². The van der Waals surface area contributed by atoms with Gasteiger partial charge in [-0.25, -0.2) is 8.42 Å². The van der Waals surface area contributed by atoms with Gasteiger partial charge in [-0.1, -0.05) is 116 Å². The average molecular weight is 415 g/mol. The van der Waals surface area contributed by atoms with Crippen molar-refractivity contribution < 1.29 is 47.6 Å². The van der Waals surface area contributed by atoms with Crippen molar-refractivity contribution in [1.29, 1.82) is 0 Å². The van der Waals surface area contributed by atoms with Crippen LogP contribution in [0.1, 0.15) is 129 Å². The minimum atomic E-state index is -4.52. The first kappa shape index (κ1) is 30.1. The molecule has 158 valence electrons. The molecule has 0 bridgehead atoms. The molecule has 0 spiro atoms. The van der Waals surface area contributed by atoms with Crippen molar-refractivity contribution in [3.05, 3.63) is 0 Å². The van der Waals surface area contributed by atoms with Gasteiger partial charge in [-0.15, -0.1) is 0 Å². The molecule has 1 atom stereocenters. The molecule has 0 radical (unpaired) electrons. The van der Waals surface area contributed by atoms with Crippen LogP contribution in [0.15, 0.2) is 0 Å². The second-order valence-electron chi connectivity index (χ2n) is 7.75. The summed E-state index contributed by atoms with van der Waals surface area (Å²) in [4.78, 5) is 0. The Balaban J connectivity index is 0. The zero-order chi connectivity index (χ0) is 19.5. The van der Waals surface area contributed by atoms with Gasteiger partial charge in [-0.2, -0.15) is 0 Å². The summed E-state index contributed by atoms with van der Waals surface area (Å²) < 4.78 is 31.6. The van der Waals surface area contributed by atoms with Crippen LogP contribution in [0.3, 0.4) is 0 Å². The molecule has 1 N–H and O–H groups in total. The van der Waals surface area contributed by atoms with Gasteiger partial charge in [-0.3, -0.25) is 0 Å². The molecule has 0 aromatic rings. The van der Waals surface area contributed by atoms with Crippen molar-refractivity contribution >= 4 is 10.1 Å². The molecule has 1 unspecified atom stereocenters. The van der Waals surface area contributed by atoms with E-state index in [-0.39, 0.29) is 36.0 Å². The number of unbranched alkanes of at least 4 members (excludes halogenated alkanes) is 17. The molecule has 0 aliphatic heterocycles. The van der Waals surface area contributed by atoms with E-state index in [4.69, 9.17) is 5.11 Å². The summed E-state index contributed by atoms with van der Waals surface area (Å²) in [5.74, 6) is 0. The molecule has 0 saturated carbocycles. The van der Waals surface area contributed by atoms with Crippen LogP contribution in [0.2, 0.25) is 0 Å². The van der Waals surface area contributed by atoms with Crippen molar-refractivity contribution in [3.8, 4) is 0 Å². The van der Waals surface area contributed by atoms with Crippen LogP contribution in [0.25, 0.3) is 0 Å². The fourth-order valence-corrected chi connectivity index (χ4v) is 3.82. The Kier molecular flexibility index (Phi) is 24.0. The summed E-state index contributed by atoms with van der Waals surface area (Å²) in [5.41, 5.74) is -1.72. The number of hydrogen-bond acceptors (Lipinski definition) is 4. The van der Waals surface area contributed by atoms with Crippen LogP contribution in [0, 0.1) is 0 Å². The second kappa shape index (κ2) is 21.6. The molecule has 0 heterocycles. The Labute approximate surface area is 191 Å². The fourth-order valence-electron chi connectivity index (χ4n) is 3.36. The summed E-state index contributed by atoms with van der Waals surface area (Å²) in [6.45, 7) is 2.27. The summed E-state index contributed by atoms with van der Waals surface area (Å²) >= 11 is 0. The van der Waals surface area contributed by atoms with Gasteiger partial charge in [0, 0.05) is 0 Å². The van der Waals surface area contributed by atoms with Crippen LogP contribution >= 0.6 is 0 Å². The quantitative estimate of drug-likeness (QED) is 0.188. The zero-order valence-electron chi connectivity index (χ0n) is 18.1. The Morgan fingerprint density at radius 3 is 1.15 bits per heavy atom. The van der Waals surface area contributed by atoms with E-state index < -0.39 is 15.6 Å². The summed E-state index contributed by atoms with van der Waals surface area (Å²) in [6, 6.07) is 0. The standard InChI is InChI=1S/C21H44O4S.Na/c1-2-3-4-5-6-7-8-9-10-11-12-13-14-15-16-17-18-19-20-21(22)26(23,24)25;/h21-22H,2-20H2,1H3,(H,23,24,25);/q;+1/p-1. The molecule has 0 aliphatic carbocycles. The van der Waals surface area contributed by atoms with Crippen molar-refractivity contribution in [1.82, 2.24) is 0 Å². The minimum Gasteiger partial charge on any atom is -0.746 e. The predicted molar refractivity (Wildman–Crippen MR) is 109 cm³/mol.